The lowest BCUT2D eigenvalue weighted by molar-refractivity contribution is 0.102. The van der Waals surface area contributed by atoms with Crippen molar-refractivity contribution in [3.05, 3.63) is 36.5 Å². The zero-order valence-corrected chi connectivity index (χ0v) is 9.60. The van der Waals surface area contributed by atoms with Crippen LogP contribution in [0.2, 0.25) is 0 Å². The summed E-state index contributed by atoms with van der Waals surface area (Å²) in [5.41, 5.74) is 6.35. The van der Waals surface area contributed by atoms with Crippen molar-refractivity contribution in [1.82, 2.24) is 0 Å². The SMILES string of the molecule is C=C/C=C(\C=C/CCO)C(OC)C(N)CF. The molecule has 0 aliphatic carbocycles. The topological polar surface area (TPSA) is 55.5 Å². The Kier molecular flexibility index (Phi) is 8.71. The van der Waals surface area contributed by atoms with Crippen molar-refractivity contribution < 1.29 is 14.2 Å². The first-order chi connectivity index (χ1) is 7.71. The van der Waals surface area contributed by atoms with E-state index >= 15 is 0 Å². The molecule has 0 rings (SSSR count). The van der Waals surface area contributed by atoms with Crippen LogP contribution in [0.25, 0.3) is 0 Å². The molecule has 0 saturated heterocycles. The van der Waals surface area contributed by atoms with E-state index in [1.807, 2.05) is 0 Å². The lowest BCUT2D eigenvalue weighted by atomic mass is 10.0. The van der Waals surface area contributed by atoms with Crippen LogP contribution in [0, 0.1) is 0 Å². The summed E-state index contributed by atoms with van der Waals surface area (Å²) in [6, 6.07) is -0.699. The molecule has 0 aromatic rings. The smallest absolute Gasteiger partial charge is 0.107 e. The first-order valence-electron chi connectivity index (χ1n) is 5.15. The van der Waals surface area contributed by atoms with Gasteiger partial charge >= 0.3 is 0 Å². The fraction of sp³-hybridized carbons (Fsp3) is 0.500. The van der Waals surface area contributed by atoms with Crippen LogP contribution in [0.3, 0.4) is 0 Å². The minimum absolute atomic E-state index is 0.0741. The van der Waals surface area contributed by atoms with E-state index in [9.17, 15) is 4.39 Å². The Bertz CT molecular complexity index is 251. The molecule has 3 nitrogen and oxygen atoms in total. The van der Waals surface area contributed by atoms with Crippen molar-refractivity contribution in [2.24, 2.45) is 5.73 Å². The molecular formula is C12H20FNO2. The second-order valence-electron chi connectivity index (χ2n) is 3.29. The van der Waals surface area contributed by atoms with Crippen molar-refractivity contribution >= 4 is 0 Å². The third-order valence-electron chi connectivity index (χ3n) is 2.07. The summed E-state index contributed by atoms with van der Waals surface area (Å²) in [6.07, 6.45) is 6.90. The van der Waals surface area contributed by atoms with Crippen LogP contribution < -0.4 is 5.73 Å². The molecular weight excluding hydrogens is 209 g/mol. The van der Waals surface area contributed by atoms with Crippen molar-refractivity contribution in [2.45, 2.75) is 18.6 Å². The van der Waals surface area contributed by atoms with Crippen LogP contribution in [0.1, 0.15) is 6.42 Å². The molecule has 0 fully saturated rings. The average molecular weight is 229 g/mol. The van der Waals surface area contributed by atoms with E-state index in [1.54, 1.807) is 24.3 Å². The number of aliphatic hydroxyl groups excluding tert-OH is 1. The number of hydrogen-bond donors (Lipinski definition) is 2. The molecule has 0 aliphatic rings. The molecule has 0 amide bonds. The third kappa shape index (κ3) is 5.21. The molecule has 2 atom stereocenters. The monoisotopic (exact) mass is 229 g/mol. The van der Waals surface area contributed by atoms with Gasteiger partial charge in [0.1, 0.15) is 6.67 Å². The van der Waals surface area contributed by atoms with E-state index in [-0.39, 0.29) is 6.61 Å². The number of alkyl halides is 1. The van der Waals surface area contributed by atoms with Gasteiger partial charge in [-0.3, -0.25) is 0 Å². The van der Waals surface area contributed by atoms with E-state index in [1.165, 1.54) is 7.11 Å². The van der Waals surface area contributed by atoms with Crippen molar-refractivity contribution in [2.75, 3.05) is 20.4 Å². The fourth-order valence-corrected chi connectivity index (χ4v) is 1.31. The van der Waals surface area contributed by atoms with Crippen LogP contribution in [0.15, 0.2) is 36.5 Å². The summed E-state index contributed by atoms with van der Waals surface area (Å²) in [6.45, 7) is 3.00. The third-order valence-corrected chi connectivity index (χ3v) is 2.07. The molecule has 0 aromatic carbocycles. The zero-order chi connectivity index (χ0) is 12.4. The summed E-state index contributed by atoms with van der Waals surface area (Å²) in [7, 11) is 1.48. The highest BCUT2D eigenvalue weighted by molar-refractivity contribution is 5.28. The highest BCUT2D eigenvalue weighted by atomic mass is 19.1. The van der Waals surface area contributed by atoms with E-state index < -0.39 is 18.8 Å². The zero-order valence-electron chi connectivity index (χ0n) is 9.60. The number of nitrogens with two attached hydrogens (primary N) is 1. The summed E-state index contributed by atoms with van der Waals surface area (Å²) < 4.78 is 17.6. The van der Waals surface area contributed by atoms with Gasteiger partial charge in [0.2, 0.25) is 0 Å². The fourth-order valence-electron chi connectivity index (χ4n) is 1.31. The Morgan fingerprint density at radius 1 is 1.62 bits per heavy atom. The molecule has 0 radical (unpaired) electrons. The van der Waals surface area contributed by atoms with Crippen molar-refractivity contribution in [3.8, 4) is 0 Å². The number of rotatable bonds is 8. The number of methoxy groups -OCH3 is 1. The number of aliphatic hydroxyl groups is 1. The molecule has 16 heavy (non-hydrogen) atoms. The van der Waals surface area contributed by atoms with E-state index in [0.717, 1.165) is 5.57 Å². The number of halogens is 1. The van der Waals surface area contributed by atoms with Gasteiger partial charge in [-0.15, -0.1) is 0 Å². The van der Waals surface area contributed by atoms with Crippen molar-refractivity contribution in [1.29, 1.82) is 0 Å². The Balaban J connectivity index is 4.73. The molecule has 0 saturated carbocycles. The van der Waals surface area contributed by atoms with Crippen LogP contribution in [0.5, 0.6) is 0 Å². The van der Waals surface area contributed by atoms with E-state index in [2.05, 4.69) is 6.58 Å². The molecule has 0 bridgehead atoms. The van der Waals surface area contributed by atoms with Crippen LogP contribution in [0.4, 0.5) is 4.39 Å². The summed E-state index contributed by atoms with van der Waals surface area (Å²) >= 11 is 0. The number of allylic oxidation sites excluding steroid dienone is 2. The first-order valence-corrected chi connectivity index (χ1v) is 5.15. The maximum absolute atomic E-state index is 12.5. The Morgan fingerprint density at radius 2 is 2.31 bits per heavy atom. The number of hydrogen-bond acceptors (Lipinski definition) is 3. The molecule has 92 valence electrons. The molecule has 0 aromatic heterocycles. The summed E-state index contributed by atoms with van der Waals surface area (Å²) in [5.74, 6) is 0. The van der Waals surface area contributed by atoms with E-state index in [4.69, 9.17) is 15.6 Å². The molecule has 0 heterocycles. The number of ether oxygens (including phenoxy) is 1. The highest BCUT2D eigenvalue weighted by Gasteiger charge is 2.19. The Morgan fingerprint density at radius 3 is 2.75 bits per heavy atom. The van der Waals surface area contributed by atoms with Gasteiger partial charge in [0.15, 0.2) is 0 Å². The molecule has 0 spiro atoms. The summed E-state index contributed by atoms with van der Waals surface area (Å²) in [5, 5.41) is 8.65. The summed E-state index contributed by atoms with van der Waals surface area (Å²) in [4.78, 5) is 0. The molecule has 3 N–H and O–H groups in total. The predicted octanol–water partition coefficient (Wildman–Crippen LogP) is 1.35. The van der Waals surface area contributed by atoms with Gasteiger partial charge in [-0.05, 0) is 12.0 Å². The Hall–Kier alpha value is -0.970. The quantitative estimate of drug-likeness (QED) is 0.618. The first kappa shape index (κ1) is 15.0. The van der Waals surface area contributed by atoms with Gasteiger partial charge in [-0.2, -0.15) is 0 Å². The van der Waals surface area contributed by atoms with Crippen molar-refractivity contribution in [3.63, 3.8) is 0 Å². The minimum Gasteiger partial charge on any atom is -0.396 e. The van der Waals surface area contributed by atoms with Gasteiger partial charge in [-0.25, -0.2) is 4.39 Å². The van der Waals surface area contributed by atoms with Gasteiger partial charge in [-0.1, -0.05) is 30.9 Å². The largest absolute Gasteiger partial charge is 0.396 e. The normalized spacial score (nSPS) is 16.4. The van der Waals surface area contributed by atoms with E-state index in [0.29, 0.717) is 6.42 Å². The Labute approximate surface area is 96.1 Å². The minimum atomic E-state index is -0.699. The molecule has 2 unspecified atom stereocenters. The van der Waals surface area contributed by atoms with Gasteiger partial charge < -0.3 is 15.6 Å². The molecule has 4 heteroatoms. The van der Waals surface area contributed by atoms with Crippen LogP contribution in [-0.2, 0) is 4.74 Å². The second kappa shape index (κ2) is 9.27. The highest BCUT2D eigenvalue weighted by Crippen LogP contribution is 2.12. The predicted molar refractivity (Wildman–Crippen MR) is 63.9 cm³/mol. The van der Waals surface area contributed by atoms with Gasteiger partial charge in [0.25, 0.3) is 0 Å². The second-order valence-corrected chi connectivity index (χ2v) is 3.29. The van der Waals surface area contributed by atoms with Crippen LogP contribution >= 0.6 is 0 Å². The lowest BCUT2D eigenvalue weighted by Gasteiger charge is -2.21. The maximum Gasteiger partial charge on any atom is 0.107 e. The van der Waals surface area contributed by atoms with Gasteiger partial charge in [0, 0.05) is 13.7 Å². The lowest BCUT2D eigenvalue weighted by Crippen LogP contribution is -2.39. The standard InChI is InChI=1S/C12H20FNO2/c1-3-6-10(7-4-5-8-15)12(16-2)11(14)9-13/h3-4,6-7,11-12,15H,1,5,8-9,14H2,2H3/b7-4-,10-6+. The molecule has 0 aliphatic heterocycles. The van der Waals surface area contributed by atoms with Gasteiger partial charge in [0.05, 0.1) is 12.1 Å². The maximum atomic E-state index is 12.5. The van der Waals surface area contributed by atoms with Crippen LogP contribution in [-0.4, -0.2) is 37.6 Å². The average Bonchev–Trinajstić information content (AvgIpc) is 2.30.